The molecule has 0 aliphatic heterocycles. The average molecular weight is 153 g/mol. The third-order valence-corrected chi connectivity index (χ3v) is 1.52. The Morgan fingerprint density at radius 2 is 2.09 bits per heavy atom. The van der Waals surface area contributed by atoms with Gasteiger partial charge in [0.25, 0.3) is 0 Å². The molecular weight excluding hydrogens is 141 g/mol. The standard InChI is InChI=1S/C9H12FN/c1-7-4-5-11-8(6-7)9(2,3)10/h4-6H,1-3H3. The van der Waals surface area contributed by atoms with Gasteiger partial charge in [-0.3, -0.25) is 4.98 Å². The fourth-order valence-electron chi connectivity index (χ4n) is 0.861. The molecule has 0 aliphatic carbocycles. The van der Waals surface area contributed by atoms with Crippen LogP contribution in [-0.2, 0) is 5.67 Å². The van der Waals surface area contributed by atoms with Crippen LogP contribution >= 0.6 is 0 Å². The molecule has 1 rings (SSSR count). The molecule has 1 nitrogen and oxygen atoms in total. The smallest absolute Gasteiger partial charge is 0.147 e. The van der Waals surface area contributed by atoms with E-state index in [0.29, 0.717) is 5.69 Å². The van der Waals surface area contributed by atoms with Crippen molar-refractivity contribution in [2.24, 2.45) is 0 Å². The van der Waals surface area contributed by atoms with E-state index in [4.69, 9.17) is 0 Å². The number of aromatic nitrogens is 1. The number of rotatable bonds is 1. The van der Waals surface area contributed by atoms with Crippen molar-refractivity contribution in [3.8, 4) is 0 Å². The summed E-state index contributed by atoms with van der Waals surface area (Å²) in [5.74, 6) is 0. The molecule has 0 spiro atoms. The summed E-state index contributed by atoms with van der Waals surface area (Å²) >= 11 is 0. The quantitative estimate of drug-likeness (QED) is 0.604. The van der Waals surface area contributed by atoms with Crippen LogP contribution in [0.25, 0.3) is 0 Å². The Kier molecular flexibility index (Phi) is 1.94. The molecule has 0 N–H and O–H groups in total. The minimum absolute atomic E-state index is 0.498. The van der Waals surface area contributed by atoms with E-state index in [1.54, 1.807) is 12.3 Å². The van der Waals surface area contributed by atoms with Crippen molar-refractivity contribution in [1.82, 2.24) is 4.98 Å². The van der Waals surface area contributed by atoms with Crippen LogP contribution in [0.3, 0.4) is 0 Å². The van der Waals surface area contributed by atoms with Gasteiger partial charge in [-0.05, 0) is 38.5 Å². The number of aryl methyl sites for hydroxylation is 1. The molecule has 0 aromatic carbocycles. The van der Waals surface area contributed by atoms with Crippen molar-refractivity contribution in [3.63, 3.8) is 0 Å². The van der Waals surface area contributed by atoms with Gasteiger partial charge < -0.3 is 0 Å². The van der Waals surface area contributed by atoms with E-state index in [-0.39, 0.29) is 0 Å². The highest BCUT2D eigenvalue weighted by Gasteiger charge is 2.19. The van der Waals surface area contributed by atoms with Gasteiger partial charge in [0.1, 0.15) is 5.67 Å². The zero-order valence-corrected chi connectivity index (χ0v) is 7.06. The highest BCUT2D eigenvalue weighted by Crippen LogP contribution is 2.22. The van der Waals surface area contributed by atoms with Crippen molar-refractivity contribution >= 4 is 0 Å². The Hall–Kier alpha value is -0.920. The minimum Gasteiger partial charge on any atom is -0.258 e. The van der Waals surface area contributed by atoms with Gasteiger partial charge in [0.2, 0.25) is 0 Å². The molecule has 0 aliphatic rings. The van der Waals surface area contributed by atoms with Crippen LogP contribution in [0.1, 0.15) is 25.1 Å². The molecule has 0 saturated heterocycles. The van der Waals surface area contributed by atoms with Gasteiger partial charge in [0.15, 0.2) is 0 Å². The number of halogens is 1. The summed E-state index contributed by atoms with van der Waals surface area (Å²) in [5.41, 5.74) is 0.213. The molecule has 0 bridgehead atoms. The largest absolute Gasteiger partial charge is 0.258 e. The van der Waals surface area contributed by atoms with E-state index in [2.05, 4.69) is 4.98 Å². The van der Waals surface area contributed by atoms with Gasteiger partial charge in [0.05, 0.1) is 5.69 Å². The normalized spacial score (nSPS) is 11.6. The summed E-state index contributed by atoms with van der Waals surface area (Å²) in [7, 11) is 0. The first kappa shape index (κ1) is 8.18. The van der Waals surface area contributed by atoms with Crippen molar-refractivity contribution in [1.29, 1.82) is 0 Å². The fourth-order valence-corrected chi connectivity index (χ4v) is 0.861. The van der Waals surface area contributed by atoms with Gasteiger partial charge in [-0.2, -0.15) is 0 Å². The lowest BCUT2D eigenvalue weighted by Crippen LogP contribution is -2.11. The van der Waals surface area contributed by atoms with E-state index in [0.717, 1.165) is 5.56 Å². The predicted molar refractivity (Wildman–Crippen MR) is 43.1 cm³/mol. The van der Waals surface area contributed by atoms with Crippen LogP contribution < -0.4 is 0 Å². The fraction of sp³-hybridized carbons (Fsp3) is 0.444. The van der Waals surface area contributed by atoms with Crippen molar-refractivity contribution in [2.45, 2.75) is 26.4 Å². The average Bonchev–Trinajstić information content (AvgIpc) is 1.86. The van der Waals surface area contributed by atoms with Gasteiger partial charge in [-0.25, -0.2) is 4.39 Å². The van der Waals surface area contributed by atoms with E-state index in [1.807, 2.05) is 13.0 Å². The molecule has 1 aromatic rings. The maximum atomic E-state index is 13.2. The Bertz CT molecular complexity index is 250. The van der Waals surface area contributed by atoms with E-state index in [1.165, 1.54) is 13.8 Å². The number of hydrogen-bond donors (Lipinski definition) is 0. The zero-order chi connectivity index (χ0) is 8.48. The Balaban J connectivity index is 3.06. The number of hydrogen-bond acceptors (Lipinski definition) is 1. The van der Waals surface area contributed by atoms with Crippen LogP contribution in [0.4, 0.5) is 4.39 Å². The minimum atomic E-state index is -1.33. The molecule has 0 fully saturated rings. The number of alkyl halides is 1. The Morgan fingerprint density at radius 3 is 2.45 bits per heavy atom. The zero-order valence-electron chi connectivity index (χ0n) is 7.06. The summed E-state index contributed by atoms with van der Waals surface area (Å²) in [6, 6.07) is 3.62. The molecule has 0 atom stereocenters. The molecule has 11 heavy (non-hydrogen) atoms. The predicted octanol–water partition coefficient (Wildman–Crippen LogP) is 2.59. The summed E-state index contributed by atoms with van der Waals surface area (Å²) in [4.78, 5) is 3.94. The monoisotopic (exact) mass is 153 g/mol. The summed E-state index contributed by atoms with van der Waals surface area (Å²) in [6.07, 6.45) is 1.63. The van der Waals surface area contributed by atoms with Crippen molar-refractivity contribution < 1.29 is 4.39 Å². The molecule has 0 saturated carbocycles. The number of pyridine rings is 1. The summed E-state index contributed by atoms with van der Waals surface area (Å²) < 4.78 is 13.2. The number of nitrogens with zero attached hydrogens (tertiary/aromatic N) is 1. The molecular formula is C9H12FN. The second-order valence-electron chi connectivity index (χ2n) is 3.19. The topological polar surface area (TPSA) is 12.9 Å². The highest BCUT2D eigenvalue weighted by molar-refractivity contribution is 5.18. The van der Waals surface area contributed by atoms with Gasteiger partial charge in [-0.1, -0.05) is 0 Å². The first-order chi connectivity index (χ1) is 5.00. The lowest BCUT2D eigenvalue weighted by molar-refractivity contribution is 0.214. The maximum absolute atomic E-state index is 13.2. The van der Waals surface area contributed by atoms with Crippen LogP contribution in [0.2, 0.25) is 0 Å². The summed E-state index contributed by atoms with van der Waals surface area (Å²) in [6.45, 7) is 4.94. The SMILES string of the molecule is Cc1ccnc(C(C)(C)F)c1. The lowest BCUT2D eigenvalue weighted by atomic mass is 10.1. The lowest BCUT2D eigenvalue weighted by Gasteiger charge is -2.12. The van der Waals surface area contributed by atoms with Crippen LogP contribution in [0.5, 0.6) is 0 Å². The molecule has 1 aromatic heterocycles. The van der Waals surface area contributed by atoms with Crippen LogP contribution in [-0.4, -0.2) is 4.98 Å². The van der Waals surface area contributed by atoms with E-state index < -0.39 is 5.67 Å². The summed E-state index contributed by atoms with van der Waals surface area (Å²) in [5, 5.41) is 0. The molecule has 0 radical (unpaired) electrons. The molecule has 0 amide bonds. The van der Waals surface area contributed by atoms with Gasteiger partial charge in [0, 0.05) is 6.20 Å². The first-order valence-electron chi connectivity index (χ1n) is 3.62. The first-order valence-corrected chi connectivity index (χ1v) is 3.62. The van der Waals surface area contributed by atoms with Crippen molar-refractivity contribution in [2.75, 3.05) is 0 Å². The van der Waals surface area contributed by atoms with Crippen LogP contribution in [0, 0.1) is 6.92 Å². The molecule has 2 heteroatoms. The Labute approximate surface area is 66.3 Å². The van der Waals surface area contributed by atoms with Crippen molar-refractivity contribution in [3.05, 3.63) is 29.6 Å². The second-order valence-corrected chi connectivity index (χ2v) is 3.19. The second kappa shape index (κ2) is 2.61. The molecule has 0 unspecified atom stereocenters. The van der Waals surface area contributed by atoms with E-state index >= 15 is 0 Å². The van der Waals surface area contributed by atoms with Crippen LogP contribution in [0.15, 0.2) is 18.3 Å². The van der Waals surface area contributed by atoms with Gasteiger partial charge >= 0.3 is 0 Å². The Morgan fingerprint density at radius 1 is 1.45 bits per heavy atom. The molecule has 60 valence electrons. The van der Waals surface area contributed by atoms with E-state index in [9.17, 15) is 4.39 Å². The maximum Gasteiger partial charge on any atom is 0.147 e. The highest BCUT2D eigenvalue weighted by atomic mass is 19.1. The third-order valence-electron chi connectivity index (χ3n) is 1.52. The van der Waals surface area contributed by atoms with Gasteiger partial charge in [-0.15, -0.1) is 0 Å². The molecule has 1 heterocycles. The third kappa shape index (κ3) is 2.00.